The molecular weight excluding hydrogens is 371 g/mol. The third-order valence-electron chi connectivity index (χ3n) is 5.35. The molecule has 1 fully saturated rings. The number of rotatable bonds is 5. The molecule has 3 aromatic rings. The summed E-state index contributed by atoms with van der Waals surface area (Å²) < 4.78 is 31.1. The number of hydrogen-bond acceptors (Lipinski definition) is 4. The first-order valence-electron chi connectivity index (χ1n) is 9.81. The van der Waals surface area contributed by atoms with Gasteiger partial charge in [0.2, 0.25) is 0 Å². The lowest BCUT2D eigenvalue weighted by Gasteiger charge is -2.18. The molecule has 0 saturated heterocycles. The van der Waals surface area contributed by atoms with Crippen molar-refractivity contribution in [3.8, 4) is 11.5 Å². The van der Waals surface area contributed by atoms with Gasteiger partial charge in [-0.15, -0.1) is 0 Å². The second-order valence-corrected chi connectivity index (χ2v) is 7.30. The maximum absolute atomic E-state index is 13.6. The van der Waals surface area contributed by atoms with Crippen molar-refractivity contribution in [3.63, 3.8) is 0 Å². The van der Waals surface area contributed by atoms with Crippen molar-refractivity contribution in [2.24, 2.45) is 0 Å². The van der Waals surface area contributed by atoms with E-state index in [0.29, 0.717) is 28.2 Å². The molecule has 0 aliphatic heterocycles. The first kappa shape index (κ1) is 19.2. The number of benzene rings is 2. The van der Waals surface area contributed by atoms with Gasteiger partial charge in [0, 0.05) is 17.2 Å². The topological polar surface area (TPSA) is 48.7 Å². The molecule has 5 heteroatoms. The van der Waals surface area contributed by atoms with Gasteiger partial charge in [-0.1, -0.05) is 12.1 Å². The normalized spacial score (nSPS) is 14.7. The van der Waals surface area contributed by atoms with Gasteiger partial charge in [0.1, 0.15) is 17.2 Å². The van der Waals surface area contributed by atoms with E-state index >= 15 is 0 Å². The Morgan fingerprint density at radius 1 is 1.14 bits per heavy atom. The SMILES string of the molecule is COc1cccc(/C=C/c2oc3cc(F)ccc3c(=O)c2C)c1OC1CCCC1. The molecule has 0 radical (unpaired) electrons. The van der Waals surface area contributed by atoms with E-state index in [-0.39, 0.29) is 17.1 Å². The number of fused-ring (bicyclic) bond motifs is 1. The van der Waals surface area contributed by atoms with Crippen molar-refractivity contribution in [1.82, 2.24) is 0 Å². The molecule has 1 aliphatic rings. The molecular formula is C24H23FO4. The van der Waals surface area contributed by atoms with Gasteiger partial charge < -0.3 is 13.9 Å². The minimum absolute atomic E-state index is 0.168. The first-order chi connectivity index (χ1) is 14.1. The van der Waals surface area contributed by atoms with Crippen LogP contribution >= 0.6 is 0 Å². The Bertz CT molecular complexity index is 1120. The predicted octanol–water partition coefficient (Wildman–Crippen LogP) is 5.74. The van der Waals surface area contributed by atoms with Crippen molar-refractivity contribution in [1.29, 1.82) is 0 Å². The largest absolute Gasteiger partial charge is 0.493 e. The summed E-state index contributed by atoms with van der Waals surface area (Å²) in [5.41, 5.74) is 1.37. The highest BCUT2D eigenvalue weighted by atomic mass is 19.1. The Morgan fingerprint density at radius 2 is 1.93 bits per heavy atom. The van der Waals surface area contributed by atoms with E-state index in [1.807, 2.05) is 24.3 Å². The molecule has 150 valence electrons. The molecule has 0 spiro atoms. The minimum atomic E-state index is -0.445. The van der Waals surface area contributed by atoms with Crippen LogP contribution in [-0.2, 0) is 0 Å². The second-order valence-electron chi connectivity index (χ2n) is 7.30. The summed E-state index contributed by atoms with van der Waals surface area (Å²) in [5.74, 6) is 1.30. The zero-order valence-corrected chi connectivity index (χ0v) is 16.5. The molecule has 1 aromatic heterocycles. The Labute approximate surface area is 168 Å². The highest BCUT2D eigenvalue weighted by Crippen LogP contribution is 2.36. The Balaban J connectivity index is 1.74. The van der Waals surface area contributed by atoms with Gasteiger partial charge in [-0.05, 0) is 63.0 Å². The molecule has 1 aliphatic carbocycles. The average molecular weight is 394 g/mol. The molecule has 1 saturated carbocycles. The van der Waals surface area contributed by atoms with Crippen molar-refractivity contribution in [2.45, 2.75) is 38.7 Å². The fraction of sp³-hybridized carbons (Fsp3) is 0.292. The molecule has 1 heterocycles. The zero-order chi connectivity index (χ0) is 20.4. The average Bonchev–Trinajstić information content (AvgIpc) is 3.23. The number of hydrogen-bond donors (Lipinski definition) is 0. The van der Waals surface area contributed by atoms with E-state index in [1.54, 1.807) is 20.1 Å². The van der Waals surface area contributed by atoms with Gasteiger partial charge in [-0.3, -0.25) is 4.79 Å². The van der Waals surface area contributed by atoms with Crippen LogP contribution in [0.4, 0.5) is 4.39 Å². The van der Waals surface area contributed by atoms with Crippen LogP contribution in [0.3, 0.4) is 0 Å². The third-order valence-corrected chi connectivity index (χ3v) is 5.35. The maximum atomic E-state index is 13.6. The van der Waals surface area contributed by atoms with E-state index < -0.39 is 5.82 Å². The van der Waals surface area contributed by atoms with Gasteiger partial charge in [0.25, 0.3) is 0 Å². The van der Waals surface area contributed by atoms with Crippen LogP contribution in [0.15, 0.2) is 45.6 Å². The maximum Gasteiger partial charge on any atom is 0.196 e. The summed E-state index contributed by atoms with van der Waals surface area (Å²) >= 11 is 0. The lowest BCUT2D eigenvalue weighted by molar-refractivity contribution is 0.200. The predicted molar refractivity (Wildman–Crippen MR) is 112 cm³/mol. The molecule has 29 heavy (non-hydrogen) atoms. The van der Waals surface area contributed by atoms with Crippen LogP contribution < -0.4 is 14.9 Å². The van der Waals surface area contributed by atoms with Crippen molar-refractivity contribution in [3.05, 3.63) is 69.3 Å². The molecule has 0 atom stereocenters. The molecule has 0 amide bonds. The van der Waals surface area contributed by atoms with Gasteiger partial charge >= 0.3 is 0 Å². The van der Waals surface area contributed by atoms with Crippen molar-refractivity contribution in [2.75, 3.05) is 7.11 Å². The van der Waals surface area contributed by atoms with E-state index in [1.165, 1.54) is 31.0 Å². The van der Waals surface area contributed by atoms with Gasteiger partial charge in [-0.25, -0.2) is 4.39 Å². The quantitative estimate of drug-likeness (QED) is 0.554. The number of ether oxygens (including phenoxy) is 2. The molecule has 0 bridgehead atoms. The molecule has 4 nitrogen and oxygen atoms in total. The number of methoxy groups -OCH3 is 1. The van der Waals surface area contributed by atoms with Crippen LogP contribution in [0.5, 0.6) is 11.5 Å². The summed E-state index contributed by atoms with van der Waals surface area (Å²) in [7, 11) is 1.62. The number of halogens is 1. The lowest BCUT2D eigenvalue weighted by Crippen LogP contribution is -2.12. The molecule has 0 unspecified atom stereocenters. The summed E-state index contributed by atoms with van der Waals surface area (Å²) in [6.45, 7) is 1.70. The monoisotopic (exact) mass is 394 g/mol. The summed E-state index contributed by atoms with van der Waals surface area (Å²) in [6, 6.07) is 9.62. The van der Waals surface area contributed by atoms with E-state index in [9.17, 15) is 9.18 Å². The molecule has 4 rings (SSSR count). The highest BCUT2D eigenvalue weighted by molar-refractivity contribution is 5.80. The highest BCUT2D eigenvalue weighted by Gasteiger charge is 2.20. The van der Waals surface area contributed by atoms with Crippen LogP contribution in [0.25, 0.3) is 23.1 Å². The molecule has 2 aromatic carbocycles. The van der Waals surface area contributed by atoms with Crippen molar-refractivity contribution < 1.29 is 18.3 Å². The third kappa shape index (κ3) is 3.90. The fourth-order valence-electron chi connectivity index (χ4n) is 3.73. The van der Waals surface area contributed by atoms with Gasteiger partial charge in [0.05, 0.1) is 18.6 Å². The zero-order valence-electron chi connectivity index (χ0n) is 16.5. The number of para-hydroxylation sites is 1. The summed E-state index contributed by atoms with van der Waals surface area (Å²) in [6.07, 6.45) is 8.14. The Hall–Kier alpha value is -3.08. The van der Waals surface area contributed by atoms with Gasteiger partial charge in [0.15, 0.2) is 16.9 Å². The second kappa shape index (κ2) is 8.11. The van der Waals surface area contributed by atoms with E-state index in [4.69, 9.17) is 13.9 Å². The van der Waals surface area contributed by atoms with Crippen LogP contribution in [0.1, 0.15) is 42.6 Å². The first-order valence-corrected chi connectivity index (χ1v) is 9.81. The summed E-state index contributed by atoms with van der Waals surface area (Å²) in [4.78, 5) is 12.6. The Kier molecular flexibility index (Phi) is 5.38. The summed E-state index contributed by atoms with van der Waals surface area (Å²) in [5, 5.41) is 0.368. The van der Waals surface area contributed by atoms with Crippen LogP contribution in [0, 0.1) is 12.7 Å². The minimum Gasteiger partial charge on any atom is -0.493 e. The van der Waals surface area contributed by atoms with E-state index in [0.717, 1.165) is 18.4 Å². The van der Waals surface area contributed by atoms with Gasteiger partial charge in [-0.2, -0.15) is 0 Å². The smallest absolute Gasteiger partial charge is 0.196 e. The van der Waals surface area contributed by atoms with Crippen LogP contribution in [0.2, 0.25) is 0 Å². The molecule has 0 N–H and O–H groups in total. The van der Waals surface area contributed by atoms with Crippen LogP contribution in [-0.4, -0.2) is 13.2 Å². The Morgan fingerprint density at radius 3 is 2.69 bits per heavy atom. The van der Waals surface area contributed by atoms with E-state index in [2.05, 4.69) is 0 Å². The van der Waals surface area contributed by atoms with Crippen molar-refractivity contribution >= 4 is 23.1 Å². The fourth-order valence-corrected chi connectivity index (χ4v) is 3.73. The standard InChI is InChI=1S/C24H23FO4/c1-15-20(29-22-14-17(25)11-12-19(22)23(15)26)13-10-16-6-5-9-21(27-2)24(16)28-18-7-3-4-8-18/h5-6,9-14,18H,3-4,7-8H2,1-2H3/b13-10+. The lowest BCUT2D eigenvalue weighted by atomic mass is 10.1.